The number of hydrogen-bond donors (Lipinski definition) is 2. The van der Waals surface area contributed by atoms with E-state index in [0.717, 1.165) is 21.1 Å². The van der Waals surface area contributed by atoms with Crippen LogP contribution in [0.3, 0.4) is 0 Å². The first-order chi connectivity index (χ1) is 8.78. The van der Waals surface area contributed by atoms with Gasteiger partial charge in [0, 0.05) is 35.3 Å². The molecule has 102 valence electrons. The van der Waals surface area contributed by atoms with Gasteiger partial charge >= 0.3 is 0 Å². The first-order valence-electron chi connectivity index (χ1n) is 6.05. The molecule has 3 N–H and O–H groups in total. The summed E-state index contributed by atoms with van der Waals surface area (Å²) in [6.07, 6.45) is 1.75. The number of nitrogens with two attached hydrogens (primary N) is 1. The molecular weight excluding hydrogens is 306 g/mol. The van der Waals surface area contributed by atoms with E-state index >= 15 is 0 Å². The van der Waals surface area contributed by atoms with Crippen molar-refractivity contribution < 1.29 is 5.11 Å². The molecule has 0 bridgehead atoms. The van der Waals surface area contributed by atoms with Gasteiger partial charge in [-0.1, -0.05) is 0 Å². The van der Waals surface area contributed by atoms with Crippen LogP contribution in [0.2, 0.25) is 0 Å². The molecular formula is C14H18BrN3O. The summed E-state index contributed by atoms with van der Waals surface area (Å²) in [7, 11) is 1.94. The standard InChI is InChI=1S/C14H18BrN3O/c1-14(2,19)8-18(3)12-5-4-11(16)10-6-9(15)7-17-13(10)12/h4-7,19H,8,16H2,1-3H3. The lowest BCUT2D eigenvalue weighted by atomic mass is 10.1. The molecule has 19 heavy (non-hydrogen) atoms. The Morgan fingerprint density at radius 2 is 2.11 bits per heavy atom. The number of likely N-dealkylation sites (N-methyl/N-ethyl adjacent to an activating group) is 1. The first kappa shape index (κ1) is 14.1. The molecule has 1 aromatic carbocycles. The summed E-state index contributed by atoms with van der Waals surface area (Å²) in [6.45, 7) is 4.09. The van der Waals surface area contributed by atoms with Gasteiger partial charge in [0.15, 0.2) is 0 Å². The van der Waals surface area contributed by atoms with Crippen molar-refractivity contribution in [2.24, 2.45) is 0 Å². The third kappa shape index (κ3) is 3.16. The summed E-state index contributed by atoms with van der Waals surface area (Å²) >= 11 is 3.41. The van der Waals surface area contributed by atoms with Gasteiger partial charge in [-0.25, -0.2) is 0 Å². The van der Waals surface area contributed by atoms with E-state index in [1.807, 2.05) is 30.1 Å². The number of rotatable bonds is 3. The third-order valence-corrected chi connectivity index (χ3v) is 3.30. The van der Waals surface area contributed by atoms with Crippen molar-refractivity contribution >= 4 is 38.2 Å². The van der Waals surface area contributed by atoms with Gasteiger partial charge in [-0.05, 0) is 48.0 Å². The Labute approximate surface area is 121 Å². The first-order valence-corrected chi connectivity index (χ1v) is 6.84. The molecule has 1 aromatic heterocycles. The summed E-state index contributed by atoms with van der Waals surface area (Å²) in [6, 6.07) is 5.76. The molecule has 4 nitrogen and oxygen atoms in total. The van der Waals surface area contributed by atoms with E-state index in [0.29, 0.717) is 12.2 Å². The number of nitrogens with zero attached hydrogens (tertiary/aromatic N) is 2. The van der Waals surface area contributed by atoms with Gasteiger partial charge < -0.3 is 15.7 Å². The smallest absolute Gasteiger partial charge is 0.0956 e. The van der Waals surface area contributed by atoms with Crippen molar-refractivity contribution in [3.63, 3.8) is 0 Å². The highest BCUT2D eigenvalue weighted by molar-refractivity contribution is 9.10. The molecule has 0 spiro atoms. The molecule has 0 unspecified atom stereocenters. The zero-order valence-electron chi connectivity index (χ0n) is 11.3. The van der Waals surface area contributed by atoms with Crippen LogP contribution in [-0.2, 0) is 0 Å². The van der Waals surface area contributed by atoms with Crippen LogP contribution in [0.4, 0.5) is 11.4 Å². The normalized spacial score (nSPS) is 11.8. The van der Waals surface area contributed by atoms with Crippen LogP contribution in [-0.4, -0.2) is 29.3 Å². The predicted octanol–water partition coefficient (Wildman–Crippen LogP) is 2.79. The fraction of sp³-hybridized carbons (Fsp3) is 0.357. The van der Waals surface area contributed by atoms with Crippen LogP contribution < -0.4 is 10.6 Å². The van der Waals surface area contributed by atoms with Crippen LogP contribution >= 0.6 is 15.9 Å². The van der Waals surface area contributed by atoms with Crippen LogP contribution in [0.15, 0.2) is 28.9 Å². The largest absolute Gasteiger partial charge is 0.398 e. The lowest BCUT2D eigenvalue weighted by Crippen LogP contribution is -2.36. The number of fused-ring (bicyclic) bond motifs is 1. The van der Waals surface area contributed by atoms with Crippen molar-refractivity contribution in [1.29, 1.82) is 0 Å². The van der Waals surface area contributed by atoms with Crippen LogP contribution in [0, 0.1) is 0 Å². The summed E-state index contributed by atoms with van der Waals surface area (Å²) < 4.78 is 0.897. The maximum absolute atomic E-state index is 9.93. The molecule has 2 aromatic rings. The van der Waals surface area contributed by atoms with E-state index in [1.54, 1.807) is 20.0 Å². The molecule has 0 saturated carbocycles. The van der Waals surface area contributed by atoms with Crippen LogP contribution in [0.1, 0.15) is 13.8 Å². The average molecular weight is 324 g/mol. The minimum Gasteiger partial charge on any atom is -0.398 e. The highest BCUT2D eigenvalue weighted by Crippen LogP contribution is 2.31. The molecule has 0 aliphatic rings. The number of nitrogen functional groups attached to an aromatic ring is 1. The third-order valence-electron chi connectivity index (χ3n) is 2.86. The quantitative estimate of drug-likeness (QED) is 0.852. The molecule has 0 saturated heterocycles. The topological polar surface area (TPSA) is 62.4 Å². The lowest BCUT2D eigenvalue weighted by Gasteiger charge is -2.28. The molecule has 0 amide bonds. The monoisotopic (exact) mass is 323 g/mol. The maximum Gasteiger partial charge on any atom is 0.0956 e. The molecule has 5 heteroatoms. The van der Waals surface area contributed by atoms with Crippen molar-refractivity contribution in [2.75, 3.05) is 24.2 Å². The van der Waals surface area contributed by atoms with Gasteiger partial charge in [0.05, 0.1) is 16.8 Å². The predicted molar refractivity (Wildman–Crippen MR) is 83.4 cm³/mol. The van der Waals surface area contributed by atoms with E-state index in [9.17, 15) is 5.11 Å². The molecule has 0 atom stereocenters. The Kier molecular flexibility index (Phi) is 3.69. The van der Waals surface area contributed by atoms with Gasteiger partial charge in [0.1, 0.15) is 0 Å². The van der Waals surface area contributed by atoms with E-state index in [2.05, 4.69) is 20.9 Å². The Morgan fingerprint density at radius 1 is 1.42 bits per heavy atom. The SMILES string of the molecule is CN(CC(C)(C)O)c1ccc(N)c2cc(Br)cnc12. The number of aromatic nitrogens is 1. The van der Waals surface area contributed by atoms with E-state index in [-0.39, 0.29) is 0 Å². The fourth-order valence-electron chi connectivity index (χ4n) is 2.17. The van der Waals surface area contributed by atoms with Crippen molar-refractivity contribution in [3.05, 3.63) is 28.9 Å². The van der Waals surface area contributed by atoms with E-state index in [1.165, 1.54) is 0 Å². The second-order valence-corrected chi connectivity index (χ2v) is 6.31. The minimum absolute atomic E-state index is 0.518. The highest BCUT2D eigenvalue weighted by Gasteiger charge is 2.18. The zero-order chi connectivity index (χ0) is 14.2. The molecule has 0 radical (unpaired) electrons. The Morgan fingerprint density at radius 3 is 2.74 bits per heavy atom. The van der Waals surface area contributed by atoms with Crippen LogP contribution in [0.5, 0.6) is 0 Å². The second kappa shape index (κ2) is 4.98. The summed E-state index contributed by atoms with van der Waals surface area (Å²) in [5, 5.41) is 10.8. The number of hydrogen-bond acceptors (Lipinski definition) is 4. The Hall–Kier alpha value is -1.33. The maximum atomic E-state index is 9.93. The van der Waals surface area contributed by atoms with E-state index < -0.39 is 5.60 Å². The number of pyridine rings is 1. The molecule has 2 rings (SSSR count). The van der Waals surface area contributed by atoms with Crippen LogP contribution in [0.25, 0.3) is 10.9 Å². The fourth-order valence-corrected chi connectivity index (χ4v) is 2.51. The van der Waals surface area contributed by atoms with Gasteiger partial charge in [0.2, 0.25) is 0 Å². The number of anilines is 2. The van der Waals surface area contributed by atoms with Crippen molar-refractivity contribution in [2.45, 2.75) is 19.4 Å². The van der Waals surface area contributed by atoms with Gasteiger partial charge in [-0.15, -0.1) is 0 Å². The zero-order valence-corrected chi connectivity index (χ0v) is 12.9. The average Bonchev–Trinajstić information content (AvgIpc) is 2.27. The number of halogens is 1. The van der Waals surface area contributed by atoms with Gasteiger partial charge in [-0.3, -0.25) is 4.98 Å². The van der Waals surface area contributed by atoms with E-state index in [4.69, 9.17) is 5.73 Å². The number of benzene rings is 1. The molecule has 1 heterocycles. The summed E-state index contributed by atoms with van der Waals surface area (Å²) in [5.74, 6) is 0. The highest BCUT2D eigenvalue weighted by atomic mass is 79.9. The Bertz CT molecular complexity index is 607. The lowest BCUT2D eigenvalue weighted by molar-refractivity contribution is 0.0887. The summed E-state index contributed by atoms with van der Waals surface area (Å²) in [4.78, 5) is 6.43. The van der Waals surface area contributed by atoms with Gasteiger partial charge in [-0.2, -0.15) is 0 Å². The van der Waals surface area contributed by atoms with Crippen molar-refractivity contribution in [3.8, 4) is 0 Å². The van der Waals surface area contributed by atoms with Gasteiger partial charge in [0.25, 0.3) is 0 Å². The molecule has 0 aliphatic heterocycles. The second-order valence-electron chi connectivity index (χ2n) is 5.39. The minimum atomic E-state index is -0.766. The number of aliphatic hydroxyl groups is 1. The molecule has 0 fully saturated rings. The Balaban J connectivity index is 2.53. The summed E-state index contributed by atoms with van der Waals surface area (Å²) in [5.41, 5.74) is 7.72. The van der Waals surface area contributed by atoms with Crippen molar-refractivity contribution in [1.82, 2.24) is 4.98 Å². The molecule has 0 aliphatic carbocycles.